The van der Waals surface area contributed by atoms with Gasteiger partial charge < -0.3 is 14.7 Å². The van der Waals surface area contributed by atoms with Gasteiger partial charge in [0.25, 0.3) is 0 Å². The first-order chi connectivity index (χ1) is 11.6. The van der Waals surface area contributed by atoms with Crippen LogP contribution in [0.4, 0.5) is 0 Å². The van der Waals surface area contributed by atoms with Crippen LogP contribution in [0.25, 0.3) is 6.08 Å². The average molecular weight is 418 g/mol. The summed E-state index contributed by atoms with van der Waals surface area (Å²) < 4.78 is 11.7. The van der Waals surface area contributed by atoms with Gasteiger partial charge in [0, 0.05) is 18.1 Å². The lowest BCUT2D eigenvalue weighted by Gasteiger charge is -2.10. The van der Waals surface area contributed by atoms with Gasteiger partial charge in [-0.25, -0.2) is 0 Å². The molecule has 0 spiro atoms. The number of methoxy groups -OCH3 is 1. The molecular weight excluding hydrogens is 398 g/mol. The van der Waals surface area contributed by atoms with Gasteiger partial charge >= 0.3 is 5.97 Å². The molecule has 1 heterocycles. The van der Waals surface area contributed by atoms with Crippen LogP contribution in [0.15, 0.2) is 27.8 Å². The molecule has 2 rings (SSSR count). The van der Waals surface area contributed by atoms with Gasteiger partial charge in [0.05, 0.1) is 30.2 Å². The standard InChI is InChI=1S/C16H20BrNO5S/c1-21-16-12(7-6-8-13(16)17)11-15-22-18(23-24-15)10-5-3-2-4-9-14(19)20/h6-8,11H,2-5,9-10H2,1H3,(H,19,20). The molecule has 1 aromatic carbocycles. The van der Waals surface area contributed by atoms with E-state index in [4.69, 9.17) is 19.0 Å². The zero-order valence-corrected chi connectivity index (χ0v) is 15.8. The summed E-state index contributed by atoms with van der Waals surface area (Å²) in [4.78, 5) is 16.0. The first-order valence-corrected chi connectivity index (χ1v) is 9.19. The molecule has 0 unspecified atom stereocenters. The van der Waals surface area contributed by atoms with Crippen molar-refractivity contribution in [3.05, 3.63) is 33.3 Å². The molecule has 0 atom stereocenters. The Bertz CT molecular complexity index is 596. The zero-order valence-electron chi connectivity index (χ0n) is 13.4. The van der Waals surface area contributed by atoms with Gasteiger partial charge in [-0.1, -0.05) is 25.0 Å². The number of unbranched alkanes of at least 4 members (excludes halogenated alkanes) is 3. The Kier molecular flexibility index (Phi) is 7.90. The predicted molar refractivity (Wildman–Crippen MR) is 95.9 cm³/mol. The van der Waals surface area contributed by atoms with E-state index >= 15 is 0 Å². The summed E-state index contributed by atoms with van der Waals surface area (Å²) in [6, 6.07) is 5.77. The summed E-state index contributed by atoms with van der Waals surface area (Å²) >= 11 is 4.61. The van der Waals surface area contributed by atoms with Crippen LogP contribution >= 0.6 is 28.0 Å². The Morgan fingerprint density at radius 3 is 2.92 bits per heavy atom. The quantitative estimate of drug-likeness (QED) is 0.464. The number of rotatable bonds is 9. The fraction of sp³-hybridized carbons (Fsp3) is 0.438. The topological polar surface area (TPSA) is 68.2 Å². The number of hydroxylamine groups is 2. The van der Waals surface area contributed by atoms with Crippen LogP contribution in [-0.2, 0) is 13.9 Å². The molecule has 8 heteroatoms. The van der Waals surface area contributed by atoms with Gasteiger partial charge in [0.15, 0.2) is 0 Å². The Morgan fingerprint density at radius 1 is 1.38 bits per heavy atom. The van der Waals surface area contributed by atoms with Crippen molar-refractivity contribution < 1.29 is 23.8 Å². The van der Waals surface area contributed by atoms with Gasteiger partial charge in [0.2, 0.25) is 5.09 Å². The summed E-state index contributed by atoms with van der Waals surface area (Å²) in [5.74, 6) is 0.00134. The fourth-order valence-electron chi connectivity index (χ4n) is 2.19. The molecule has 0 aromatic heterocycles. The van der Waals surface area contributed by atoms with Crippen molar-refractivity contribution in [3.63, 3.8) is 0 Å². The number of aliphatic carboxylic acids is 1. The highest BCUT2D eigenvalue weighted by molar-refractivity contribution is 9.10. The molecule has 1 fully saturated rings. The van der Waals surface area contributed by atoms with Gasteiger partial charge in [-0.05, 0) is 40.1 Å². The Balaban J connectivity index is 1.77. The number of para-hydroxylation sites is 1. The summed E-state index contributed by atoms with van der Waals surface area (Å²) in [6.45, 7) is 0.632. The molecule has 1 aliphatic rings. The maximum atomic E-state index is 10.4. The van der Waals surface area contributed by atoms with Crippen molar-refractivity contribution in [1.82, 2.24) is 5.23 Å². The van der Waals surface area contributed by atoms with E-state index in [2.05, 4.69) is 15.9 Å². The van der Waals surface area contributed by atoms with E-state index < -0.39 is 5.97 Å². The van der Waals surface area contributed by atoms with Crippen LogP contribution in [0.2, 0.25) is 0 Å². The molecule has 1 aromatic rings. The maximum absolute atomic E-state index is 10.4. The molecular formula is C16H20BrNO5S. The molecule has 0 saturated carbocycles. The molecule has 1 N–H and O–H groups in total. The van der Waals surface area contributed by atoms with Crippen LogP contribution in [0.5, 0.6) is 5.75 Å². The zero-order chi connectivity index (χ0) is 17.4. The van der Waals surface area contributed by atoms with E-state index in [0.29, 0.717) is 18.1 Å². The van der Waals surface area contributed by atoms with Crippen molar-refractivity contribution in [2.24, 2.45) is 0 Å². The smallest absolute Gasteiger partial charge is 0.303 e. The minimum Gasteiger partial charge on any atom is -0.495 e. The lowest BCUT2D eigenvalue weighted by molar-refractivity contribution is -0.259. The largest absolute Gasteiger partial charge is 0.495 e. The number of nitrogens with zero attached hydrogens (tertiary/aromatic N) is 1. The minimum absolute atomic E-state index is 0.230. The summed E-state index contributed by atoms with van der Waals surface area (Å²) in [5.41, 5.74) is 0.897. The van der Waals surface area contributed by atoms with E-state index in [1.807, 2.05) is 24.3 Å². The van der Waals surface area contributed by atoms with E-state index in [1.165, 1.54) is 5.23 Å². The van der Waals surface area contributed by atoms with Crippen LogP contribution in [-0.4, -0.2) is 30.0 Å². The summed E-state index contributed by atoms with van der Waals surface area (Å²) in [6.07, 6.45) is 5.52. The first kappa shape index (κ1) is 19.1. The van der Waals surface area contributed by atoms with Gasteiger partial charge in [-0.3, -0.25) is 4.79 Å². The highest BCUT2D eigenvalue weighted by Crippen LogP contribution is 2.35. The molecule has 0 bridgehead atoms. The lowest BCUT2D eigenvalue weighted by atomic mass is 10.1. The van der Waals surface area contributed by atoms with E-state index in [-0.39, 0.29) is 6.42 Å². The number of carboxylic acid groups (broad SMARTS) is 1. The third-order valence-electron chi connectivity index (χ3n) is 3.35. The maximum Gasteiger partial charge on any atom is 0.303 e. The van der Waals surface area contributed by atoms with Gasteiger partial charge in [-0.2, -0.15) is 4.28 Å². The van der Waals surface area contributed by atoms with Crippen molar-refractivity contribution >= 4 is 40.0 Å². The molecule has 1 saturated heterocycles. The van der Waals surface area contributed by atoms with Gasteiger partial charge in [-0.15, -0.1) is 0 Å². The Labute approximate surface area is 154 Å². The number of ether oxygens (including phenoxy) is 1. The van der Waals surface area contributed by atoms with E-state index in [0.717, 1.165) is 47.1 Å². The molecule has 1 aliphatic heterocycles. The number of halogens is 1. The number of benzene rings is 1. The van der Waals surface area contributed by atoms with Crippen LogP contribution < -0.4 is 4.74 Å². The molecule has 24 heavy (non-hydrogen) atoms. The molecule has 6 nitrogen and oxygen atoms in total. The highest BCUT2D eigenvalue weighted by Gasteiger charge is 2.21. The highest BCUT2D eigenvalue weighted by atomic mass is 79.9. The van der Waals surface area contributed by atoms with Crippen molar-refractivity contribution in [2.45, 2.75) is 32.1 Å². The van der Waals surface area contributed by atoms with E-state index in [1.54, 1.807) is 7.11 Å². The number of hydrogen-bond acceptors (Lipinski definition) is 6. The predicted octanol–water partition coefficient (Wildman–Crippen LogP) is 4.62. The number of carbonyl (C=O) groups is 1. The van der Waals surface area contributed by atoms with Crippen molar-refractivity contribution in [2.75, 3.05) is 13.7 Å². The third-order valence-corrected chi connectivity index (χ3v) is 4.57. The van der Waals surface area contributed by atoms with Gasteiger partial charge in [0.1, 0.15) is 5.75 Å². The Morgan fingerprint density at radius 2 is 2.17 bits per heavy atom. The summed E-state index contributed by atoms with van der Waals surface area (Å²) in [5, 5.41) is 10.7. The lowest BCUT2D eigenvalue weighted by Crippen LogP contribution is -2.16. The first-order valence-electron chi connectivity index (χ1n) is 7.66. The monoisotopic (exact) mass is 417 g/mol. The minimum atomic E-state index is -0.740. The SMILES string of the molecule is COc1c(Br)cccc1C=C1ON(CCCCCCC(=O)O)OS1. The van der Waals surface area contributed by atoms with E-state index in [9.17, 15) is 4.79 Å². The molecule has 0 aliphatic carbocycles. The fourth-order valence-corrected chi connectivity index (χ4v) is 3.29. The second kappa shape index (κ2) is 9.93. The van der Waals surface area contributed by atoms with Crippen molar-refractivity contribution in [3.8, 4) is 5.75 Å². The second-order valence-corrected chi connectivity index (χ2v) is 6.76. The van der Waals surface area contributed by atoms with Crippen LogP contribution in [0.3, 0.4) is 0 Å². The summed E-state index contributed by atoms with van der Waals surface area (Å²) in [7, 11) is 1.62. The number of carboxylic acids is 1. The average Bonchev–Trinajstić information content (AvgIpc) is 2.98. The van der Waals surface area contributed by atoms with Crippen LogP contribution in [0.1, 0.15) is 37.7 Å². The van der Waals surface area contributed by atoms with Crippen LogP contribution in [0, 0.1) is 0 Å². The Hall–Kier alpha value is -1.22. The number of hydrogen-bond donors (Lipinski definition) is 1. The second-order valence-electron chi connectivity index (χ2n) is 5.19. The molecule has 0 radical (unpaired) electrons. The third kappa shape index (κ3) is 6.01. The molecule has 132 valence electrons. The van der Waals surface area contributed by atoms with Crippen molar-refractivity contribution in [1.29, 1.82) is 0 Å². The normalized spacial score (nSPS) is 16.3. The molecule has 0 amide bonds.